The van der Waals surface area contributed by atoms with Gasteiger partial charge in [-0.05, 0) is 69.2 Å². The lowest BCUT2D eigenvalue weighted by Gasteiger charge is -2.23. The molecule has 0 saturated heterocycles. The molecule has 0 saturated carbocycles. The van der Waals surface area contributed by atoms with Crippen molar-refractivity contribution in [2.45, 2.75) is 52.9 Å². The smallest absolute Gasteiger partial charge is 0.262 e. The van der Waals surface area contributed by atoms with E-state index in [0.29, 0.717) is 10.8 Å². The van der Waals surface area contributed by atoms with Gasteiger partial charge in [-0.25, -0.2) is 8.42 Å². The maximum absolute atomic E-state index is 12.9. The fourth-order valence-corrected chi connectivity index (χ4v) is 5.11. The van der Waals surface area contributed by atoms with Gasteiger partial charge in [0.1, 0.15) is 0 Å². The number of hydrogen-bond donors (Lipinski definition) is 1. The van der Waals surface area contributed by atoms with Crippen molar-refractivity contribution in [2.75, 3.05) is 0 Å². The maximum atomic E-state index is 12.9. The molecule has 4 heteroatoms. The van der Waals surface area contributed by atoms with Gasteiger partial charge >= 0.3 is 0 Å². The first-order valence-corrected chi connectivity index (χ1v) is 9.09. The van der Waals surface area contributed by atoms with Gasteiger partial charge in [0.05, 0.1) is 10.6 Å². The highest BCUT2D eigenvalue weighted by molar-refractivity contribution is 7.89. The average molecular weight is 319 g/mol. The second-order valence-electron chi connectivity index (χ2n) is 6.52. The predicted octanol–water partition coefficient (Wildman–Crippen LogP) is 4.15. The number of nitrogens with one attached hydrogen (secondary N) is 1. The van der Waals surface area contributed by atoms with Crippen molar-refractivity contribution in [1.29, 1.82) is 0 Å². The fraction of sp³-hybridized carbons (Fsp3) is 0.444. The molecule has 0 bridgehead atoms. The van der Waals surface area contributed by atoms with Gasteiger partial charge in [0.25, 0.3) is 10.0 Å². The first-order chi connectivity index (χ1) is 10.1. The number of rotatable bonds is 3. The van der Waals surface area contributed by atoms with Crippen LogP contribution >= 0.6 is 0 Å². The standard InChI is InChI=1S/C18H25NO2S/c1-11-7-13(3)17(14(4)8-11)19-22(20,21)18-15(5)9-12(2)10-16(18)6/h7,9-11,19H,8H2,1-6H3. The summed E-state index contributed by atoms with van der Waals surface area (Å²) in [6.45, 7) is 11.8. The van der Waals surface area contributed by atoms with Crippen LogP contribution in [0.3, 0.4) is 0 Å². The van der Waals surface area contributed by atoms with Crippen LogP contribution in [0.5, 0.6) is 0 Å². The quantitative estimate of drug-likeness (QED) is 0.909. The zero-order chi connectivity index (χ0) is 16.7. The van der Waals surface area contributed by atoms with Gasteiger partial charge in [-0.1, -0.05) is 30.7 Å². The van der Waals surface area contributed by atoms with Crippen molar-refractivity contribution in [3.63, 3.8) is 0 Å². The summed E-state index contributed by atoms with van der Waals surface area (Å²) in [6, 6.07) is 3.82. The van der Waals surface area contributed by atoms with Crippen LogP contribution in [0.25, 0.3) is 0 Å². The highest BCUT2D eigenvalue weighted by Gasteiger charge is 2.24. The Morgan fingerprint density at radius 1 is 1.05 bits per heavy atom. The summed E-state index contributed by atoms with van der Waals surface area (Å²) >= 11 is 0. The molecule has 0 heterocycles. The Morgan fingerprint density at radius 3 is 2.09 bits per heavy atom. The van der Waals surface area contributed by atoms with Crippen molar-refractivity contribution < 1.29 is 8.42 Å². The van der Waals surface area contributed by atoms with Gasteiger partial charge in [0.15, 0.2) is 0 Å². The third kappa shape index (κ3) is 3.27. The molecule has 22 heavy (non-hydrogen) atoms. The van der Waals surface area contributed by atoms with E-state index in [1.165, 1.54) is 0 Å². The molecule has 1 aromatic carbocycles. The number of sulfonamides is 1. The summed E-state index contributed by atoms with van der Waals surface area (Å²) in [6.07, 6.45) is 3.01. The average Bonchev–Trinajstić information content (AvgIpc) is 2.31. The van der Waals surface area contributed by atoms with Crippen LogP contribution in [-0.4, -0.2) is 8.42 Å². The van der Waals surface area contributed by atoms with Crippen LogP contribution < -0.4 is 4.72 Å². The summed E-state index contributed by atoms with van der Waals surface area (Å²) in [5.74, 6) is 0.455. The topological polar surface area (TPSA) is 46.2 Å². The molecule has 0 aliphatic heterocycles. The Balaban J connectivity index is 2.46. The van der Waals surface area contributed by atoms with E-state index >= 15 is 0 Å². The monoisotopic (exact) mass is 319 g/mol. The van der Waals surface area contributed by atoms with Crippen LogP contribution in [-0.2, 0) is 10.0 Å². The Labute approximate surface area is 134 Å². The molecule has 2 rings (SSSR count). The van der Waals surface area contributed by atoms with Crippen LogP contribution in [0, 0.1) is 26.7 Å². The summed E-state index contributed by atoms with van der Waals surface area (Å²) < 4.78 is 28.5. The molecule has 1 aromatic rings. The lowest BCUT2D eigenvalue weighted by Crippen LogP contribution is -2.28. The first-order valence-electron chi connectivity index (χ1n) is 7.61. The fourth-order valence-electron chi connectivity index (χ4n) is 3.43. The lowest BCUT2D eigenvalue weighted by atomic mass is 9.91. The van der Waals surface area contributed by atoms with Gasteiger partial charge < -0.3 is 0 Å². The van der Waals surface area contributed by atoms with Gasteiger partial charge in [-0.2, -0.15) is 0 Å². The molecular weight excluding hydrogens is 294 g/mol. The van der Waals surface area contributed by atoms with Crippen molar-refractivity contribution in [3.05, 3.63) is 51.7 Å². The molecule has 1 aliphatic carbocycles. The summed E-state index contributed by atoms with van der Waals surface area (Å²) in [5, 5.41) is 0. The maximum Gasteiger partial charge on any atom is 0.262 e. The van der Waals surface area contributed by atoms with Gasteiger partial charge in [0.2, 0.25) is 0 Å². The van der Waals surface area contributed by atoms with E-state index in [9.17, 15) is 8.42 Å². The molecular formula is C18H25NO2S. The van der Waals surface area contributed by atoms with Gasteiger partial charge in [-0.15, -0.1) is 0 Å². The summed E-state index contributed by atoms with van der Waals surface area (Å²) in [5.41, 5.74) is 5.49. The van der Waals surface area contributed by atoms with Crippen molar-refractivity contribution >= 4 is 10.0 Å². The number of allylic oxidation sites excluding steroid dienone is 3. The Morgan fingerprint density at radius 2 is 1.59 bits per heavy atom. The van der Waals surface area contributed by atoms with Crippen LogP contribution in [0.1, 0.15) is 43.9 Å². The SMILES string of the molecule is CC1=CC(C)CC(C)=C1NS(=O)(=O)c1c(C)cc(C)cc1C. The molecule has 0 fully saturated rings. The van der Waals surface area contributed by atoms with Crippen molar-refractivity contribution in [3.8, 4) is 0 Å². The zero-order valence-corrected chi connectivity index (χ0v) is 15.1. The largest absolute Gasteiger partial charge is 0.279 e. The van der Waals surface area contributed by atoms with Gasteiger partial charge in [-0.3, -0.25) is 4.72 Å². The second kappa shape index (κ2) is 5.92. The number of benzene rings is 1. The van der Waals surface area contributed by atoms with E-state index < -0.39 is 10.0 Å². The van der Waals surface area contributed by atoms with Crippen LogP contribution in [0.2, 0.25) is 0 Å². The molecule has 1 atom stereocenters. The molecule has 120 valence electrons. The van der Waals surface area contributed by atoms with Crippen molar-refractivity contribution in [1.82, 2.24) is 4.72 Å². The van der Waals surface area contributed by atoms with Gasteiger partial charge in [0, 0.05) is 0 Å². The molecule has 0 amide bonds. The molecule has 1 N–H and O–H groups in total. The van der Waals surface area contributed by atoms with Crippen molar-refractivity contribution in [2.24, 2.45) is 5.92 Å². The van der Waals surface area contributed by atoms with E-state index in [2.05, 4.69) is 17.7 Å². The highest BCUT2D eigenvalue weighted by Crippen LogP contribution is 2.29. The minimum Gasteiger partial charge on any atom is -0.279 e. The van der Waals surface area contributed by atoms with E-state index in [4.69, 9.17) is 0 Å². The minimum absolute atomic E-state index is 0.393. The Bertz CT molecular complexity index is 747. The summed E-state index contributed by atoms with van der Waals surface area (Å²) in [4.78, 5) is 0.393. The molecule has 1 unspecified atom stereocenters. The molecule has 0 radical (unpaired) electrons. The number of aryl methyl sites for hydroxylation is 3. The van der Waals surface area contributed by atoms with E-state index in [1.807, 2.05) is 46.8 Å². The molecule has 0 aromatic heterocycles. The van der Waals surface area contributed by atoms with E-state index in [1.54, 1.807) is 0 Å². The normalized spacial score (nSPS) is 19.2. The Kier molecular flexibility index (Phi) is 4.52. The van der Waals surface area contributed by atoms with Crippen LogP contribution in [0.15, 0.2) is 39.9 Å². The number of hydrogen-bond acceptors (Lipinski definition) is 2. The third-order valence-corrected chi connectivity index (χ3v) is 5.75. The molecule has 0 spiro atoms. The zero-order valence-electron chi connectivity index (χ0n) is 14.2. The third-order valence-electron chi connectivity index (χ3n) is 4.09. The van der Waals surface area contributed by atoms with Crippen LogP contribution in [0.4, 0.5) is 0 Å². The summed E-state index contributed by atoms with van der Waals surface area (Å²) in [7, 11) is -3.57. The highest BCUT2D eigenvalue weighted by atomic mass is 32.2. The van der Waals surface area contributed by atoms with E-state index in [0.717, 1.165) is 40.0 Å². The molecule has 3 nitrogen and oxygen atoms in total. The lowest BCUT2D eigenvalue weighted by molar-refractivity contribution is 0.585. The predicted molar refractivity (Wildman–Crippen MR) is 91.2 cm³/mol. The Hall–Kier alpha value is -1.55. The molecule has 1 aliphatic rings. The first kappa shape index (κ1) is 16.8. The second-order valence-corrected chi connectivity index (χ2v) is 8.14. The van der Waals surface area contributed by atoms with E-state index in [-0.39, 0.29) is 0 Å². The minimum atomic E-state index is -3.57.